The molecule has 3 aromatic carbocycles. The lowest BCUT2D eigenvalue weighted by Gasteiger charge is -2.05. The Morgan fingerprint density at radius 2 is 1.21 bits per heavy atom. The van der Waals surface area contributed by atoms with Gasteiger partial charge in [-0.05, 0) is 34.9 Å². The third kappa shape index (κ3) is 4.56. The predicted molar refractivity (Wildman–Crippen MR) is 97.3 cm³/mol. The minimum Gasteiger partial charge on any atom is -0.206 e. The maximum absolute atomic E-state index is 14.3. The van der Waals surface area contributed by atoms with Gasteiger partial charge in [-0.25, -0.2) is 22.0 Å². The molecule has 0 unspecified atom stereocenters. The summed E-state index contributed by atoms with van der Waals surface area (Å²) in [6, 6.07) is 10.7. The molecule has 0 radical (unpaired) electrons. The molecule has 3 aromatic rings. The Bertz CT molecular complexity index is 1090. The van der Waals surface area contributed by atoms with Crippen LogP contribution in [0.2, 0.25) is 0 Å². The second-order valence-corrected chi connectivity index (χ2v) is 6.02. The van der Waals surface area contributed by atoms with Crippen LogP contribution in [0.15, 0.2) is 60.7 Å². The van der Waals surface area contributed by atoms with Crippen molar-refractivity contribution in [2.75, 3.05) is 0 Å². The first-order chi connectivity index (χ1) is 13.8. The number of hydrogen-bond acceptors (Lipinski definition) is 0. The average Bonchev–Trinajstić information content (AvgIpc) is 2.70. The van der Waals surface area contributed by atoms with E-state index in [4.69, 9.17) is 0 Å². The van der Waals surface area contributed by atoms with Gasteiger partial charge in [0.15, 0.2) is 23.3 Å². The molecule has 0 bridgehead atoms. The van der Waals surface area contributed by atoms with E-state index in [2.05, 4.69) is 0 Å². The van der Waals surface area contributed by atoms with Crippen molar-refractivity contribution >= 4 is 18.0 Å². The smallest absolute Gasteiger partial charge is 0.206 e. The van der Waals surface area contributed by atoms with Gasteiger partial charge in [0.1, 0.15) is 5.82 Å². The van der Waals surface area contributed by atoms with Crippen LogP contribution < -0.4 is 0 Å². The van der Waals surface area contributed by atoms with Gasteiger partial charge in [0.2, 0.25) is 0 Å². The minimum atomic E-state index is -2.43. The maximum atomic E-state index is 14.3. The molecule has 7 heteroatoms. The lowest BCUT2D eigenvalue weighted by atomic mass is 10.0. The van der Waals surface area contributed by atoms with Crippen molar-refractivity contribution < 1.29 is 30.7 Å². The monoisotopic (exact) mass is 408 g/mol. The van der Waals surface area contributed by atoms with Crippen LogP contribution in [0.3, 0.4) is 0 Å². The first kappa shape index (κ1) is 20.4. The van der Waals surface area contributed by atoms with Crippen LogP contribution in [0.5, 0.6) is 0 Å². The van der Waals surface area contributed by atoms with Crippen molar-refractivity contribution in [2.45, 2.75) is 0 Å². The summed E-state index contributed by atoms with van der Waals surface area (Å²) >= 11 is 0. The Hall–Kier alpha value is -3.35. The third-order valence-electron chi connectivity index (χ3n) is 4.10. The van der Waals surface area contributed by atoms with Gasteiger partial charge in [-0.3, -0.25) is 0 Å². The van der Waals surface area contributed by atoms with E-state index in [0.717, 1.165) is 24.3 Å². The van der Waals surface area contributed by atoms with Gasteiger partial charge in [-0.15, -0.1) is 0 Å². The Morgan fingerprint density at radius 3 is 1.76 bits per heavy atom. The van der Waals surface area contributed by atoms with Crippen LogP contribution in [0.4, 0.5) is 30.7 Å². The number of benzene rings is 3. The zero-order chi connectivity index (χ0) is 21.1. The molecule has 0 spiro atoms. The van der Waals surface area contributed by atoms with Crippen LogP contribution in [-0.2, 0) is 0 Å². The van der Waals surface area contributed by atoms with E-state index in [9.17, 15) is 30.7 Å². The van der Waals surface area contributed by atoms with Crippen molar-refractivity contribution in [1.82, 2.24) is 0 Å². The van der Waals surface area contributed by atoms with E-state index >= 15 is 0 Å². The summed E-state index contributed by atoms with van der Waals surface area (Å²) in [7, 11) is 0. The van der Waals surface area contributed by atoms with Gasteiger partial charge in [-0.1, -0.05) is 48.6 Å². The minimum absolute atomic E-state index is 0.00985. The van der Waals surface area contributed by atoms with E-state index in [-0.39, 0.29) is 16.7 Å². The zero-order valence-electron chi connectivity index (χ0n) is 14.5. The maximum Gasteiger partial charge on any atom is 0.306 e. The molecule has 0 atom stereocenters. The Labute approximate surface area is 161 Å². The first-order valence-electron chi connectivity index (χ1n) is 8.20. The number of rotatable bonds is 4. The molecule has 0 aliphatic heterocycles. The standard InChI is InChI=1S/C22H11F7/c23-17-11-16(13-3-6-15(7-4-13)20(26)22(28)29)8-5-14(17)2-1-12-9-18(24)21(27)19(25)10-12/h1-11H. The van der Waals surface area contributed by atoms with Crippen LogP contribution in [-0.4, -0.2) is 0 Å². The molecule has 0 aliphatic rings. The molecule has 0 heterocycles. The fourth-order valence-electron chi connectivity index (χ4n) is 2.62. The molecule has 0 aromatic heterocycles. The summed E-state index contributed by atoms with van der Waals surface area (Å²) in [5.74, 6) is -6.59. The normalized spacial score (nSPS) is 11.1. The largest absolute Gasteiger partial charge is 0.306 e. The highest BCUT2D eigenvalue weighted by atomic mass is 19.3. The lowest BCUT2D eigenvalue weighted by molar-refractivity contribution is 0.410. The lowest BCUT2D eigenvalue weighted by Crippen LogP contribution is -1.91. The van der Waals surface area contributed by atoms with Crippen molar-refractivity contribution in [3.63, 3.8) is 0 Å². The molecular formula is C22H11F7. The third-order valence-corrected chi connectivity index (χ3v) is 4.10. The number of hydrogen-bond donors (Lipinski definition) is 0. The fourth-order valence-corrected chi connectivity index (χ4v) is 2.62. The zero-order valence-corrected chi connectivity index (χ0v) is 14.5. The second-order valence-electron chi connectivity index (χ2n) is 6.02. The van der Waals surface area contributed by atoms with E-state index < -0.39 is 35.2 Å². The highest BCUT2D eigenvalue weighted by Gasteiger charge is 2.11. The number of halogens is 7. The molecule has 0 aliphatic carbocycles. The summed E-state index contributed by atoms with van der Waals surface area (Å²) < 4.78 is 91.5. The van der Waals surface area contributed by atoms with E-state index in [1.165, 1.54) is 42.5 Å². The van der Waals surface area contributed by atoms with Crippen molar-refractivity contribution in [2.24, 2.45) is 0 Å². The molecule has 0 nitrogen and oxygen atoms in total. The summed E-state index contributed by atoms with van der Waals surface area (Å²) in [4.78, 5) is 0. The molecule has 0 saturated carbocycles. The molecule has 3 rings (SSSR count). The van der Waals surface area contributed by atoms with E-state index in [1.54, 1.807) is 0 Å². The Morgan fingerprint density at radius 1 is 0.621 bits per heavy atom. The van der Waals surface area contributed by atoms with Gasteiger partial charge in [0, 0.05) is 11.1 Å². The molecule has 0 amide bonds. The molecule has 0 saturated heterocycles. The van der Waals surface area contributed by atoms with Gasteiger partial charge in [0.25, 0.3) is 0 Å². The summed E-state index contributed by atoms with van der Waals surface area (Å²) in [5, 5.41) is 0. The van der Waals surface area contributed by atoms with E-state index in [1.807, 2.05) is 0 Å². The van der Waals surface area contributed by atoms with Crippen LogP contribution in [0, 0.1) is 23.3 Å². The molecule has 148 valence electrons. The SMILES string of the molecule is FC(F)=C(F)c1ccc(-c2ccc(C=Cc3cc(F)c(F)c(F)c3)c(F)c2)cc1. The topological polar surface area (TPSA) is 0 Å². The van der Waals surface area contributed by atoms with Crippen molar-refractivity contribution in [3.05, 3.63) is 101 Å². The van der Waals surface area contributed by atoms with Crippen molar-refractivity contribution in [3.8, 4) is 11.1 Å². The van der Waals surface area contributed by atoms with Crippen LogP contribution in [0.25, 0.3) is 29.1 Å². The van der Waals surface area contributed by atoms with Crippen LogP contribution >= 0.6 is 0 Å². The first-order valence-corrected chi connectivity index (χ1v) is 8.20. The average molecular weight is 408 g/mol. The Kier molecular flexibility index (Phi) is 5.87. The predicted octanol–water partition coefficient (Wildman–Crippen LogP) is 7.62. The van der Waals surface area contributed by atoms with Gasteiger partial charge >= 0.3 is 6.08 Å². The quantitative estimate of drug-likeness (QED) is 0.237. The summed E-state index contributed by atoms with van der Waals surface area (Å²) in [6.45, 7) is 0. The fraction of sp³-hybridized carbons (Fsp3) is 0. The molecule has 0 fully saturated rings. The molecule has 29 heavy (non-hydrogen) atoms. The Balaban J connectivity index is 1.84. The van der Waals surface area contributed by atoms with Gasteiger partial charge in [-0.2, -0.15) is 8.78 Å². The molecular weight excluding hydrogens is 397 g/mol. The molecule has 0 N–H and O–H groups in total. The van der Waals surface area contributed by atoms with E-state index in [0.29, 0.717) is 11.1 Å². The highest BCUT2D eigenvalue weighted by molar-refractivity contribution is 5.73. The summed E-state index contributed by atoms with van der Waals surface area (Å²) in [5.41, 5.74) is 0.695. The summed E-state index contributed by atoms with van der Waals surface area (Å²) in [6.07, 6.45) is 0.0540. The second kappa shape index (κ2) is 8.34. The van der Waals surface area contributed by atoms with Gasteiger partial charge < -0.3 is 0 Å². The van der Waals surface area contributed by atoms with Gasteiger partial charge in [0.05, 0.1) is 0 Å². The van der Waals surface area contributed by atoms with Crippen molar-refractivity contribution in [1.29, 1.82) is 0 Å². The van der Waals surface area contributed by atoms with Crippen LogP contribution in [0.1, 0.15) is 16.7 Å². The highest BCUT2D eigenvalue weighted by Crippen LogP contribution is 2.27.